The standard InChI is InChI=1S/C14H18BrF2N/c1-2-18-8-9-4-3-5-10(9)13-12(16)7-6-11(15)14(13)17/h6-7,9-10,18H,2-5,8H2,1H3. The molecule has 0 aliphatic heterocycles. The molecule has 4 heteroatoms. The molecule has 2 rings (SSSR count). The van der Waals surface area contributed by atoms with Gasteiger partial charge in [0.2, 0.25) is 0 Å². The Morgan fingerprint density at radius 3 is 2.83 bits per heavy atom. The van der Waals surface area contributed by atoms with Crippen molar-refractivity contribution in [1.29, 1.82) is 0 Å². The van der Waals surface area contributed by atoms with Crippen molar-refractivity contribution in [3.05, 3.63) is 33.8 Å². The zero-order valence-electron chi connectivity index (χ0n) is 10.5. The van der Waals surface area contributed by atoms with Crippen LogP contribution in [-0.4, -0.2) is 13.1 Å². The highest BCUT2D eigenvalue weighted by atomic mass is 79.9. The average molecular weight is 318 g/mol. The second kappa shape index (κ2) is 6.11. The van der Waals surface area contributed by atoms with E-state index in [1.165, 1.54) is 12.1 Å². The van der Waals surface area contributed by atoms with Gasteiger partial charge in [0, 0.05) is 5.56 Å². The van der Waals surface area contributed by atoms with Gasteiger partial charge in [-0.1, -0.05) is 13.3 Å². The summed E-state index contributed by atoms with van der Waals surface area (Å²) in [6, 6.07) is 2.79. The van der Waals surface area contributed by atoms with Crippen LogP contribution in [0.3, 0.4) is 0 Å². The molecule has 2 atom stereocenters. The molecule has 0 aromatic heterocycles. The molecule has 1 aliphatic carbocycles. The van der Waals surface area contributed by atoms with Gasteiger partial charge in [0.15, 0.2) is 0 Å². The Kier molecular flexibility index (Phi) is 4.73. The summed E-state index contributed by atoms with van der Waals surface area (Å²) in [6.45, 7) is 3.78. The van der Waals surface area contributed by atoms with Crippen LogP contribution in [0.5, 0.6) is 0 Å². The van der Waals surface area contributed by atoms with E-state index in [1.807, 2.05) is 6.92 Å². The van der Waals surface area contributed by atoms with Gasteiger partial charge < -0.3 is 5.32 Å². The second-order valence-electron chi connectivity index (χ2n) is 4.86. The Balaban J connectivity index is 2.27. The summed E-state index contributed by atoms with van der Waals surface area (Å²) in [4.78, 5) is 0. The number of hydrogen-bond donors (Lipinski definition) is 1. The van der Waals surface area contributed by atoms with Gasteiger partial charge in [-0.2, -0.15) is 0 Å². The van der Waals surface area contributed by atoms with Crippen molar-refractivity contribution in [2.45, 2.75) is 32.1 Å². The van der Waals surface area contributed by atoms with E-state index in [0.717, 1.165) is 32.4 Å². The minimum absolute atomic E-state index is 0.00144. The van der Waals surface area contributed by atoms with Crippen LogP contribution >= 0.6 is 15.9 Å². The van der Waals surface area contributed by atoms with E-state index in [2.05, 4.69) is 21.2 Å². The summed E-state index contributed by atoms with van der Waals surface area (Å²) < 4.78 is 28.4. The van der Waals surface area contributed by atoms with Crippen molar-refractivity contribution in [3.63, 3.8) is 0 Å². The van der Waals surface area contributed by atoms with Gasteiger partial charge in [-0.15, -0.1) is 0 Å². The molecule has 1 nitrogen and oxygen atoms in total. The van der Waals surface area contributed by atoms with Crippen LogP contribution in [0.15, 0.2) is 16.6 Å². The predicted molar refractivity (Wildman–Crippen MR) is 72.7 cm³/mol. The molecule has 0 heterocycles. The van der Waals surface area contributed by atoms with Crippen LogP contribution in [0.4, 0.5) is 8.78 Å². The largest absolute Gasteiger partial charge is 0.317 e. The first-order chi connectivity index (χ1) is 8.65. The Hall–Kier alpha value is -0.480. The summed E-state index contributed by atoms with van der Waals surface area (Å²) in [5.41, 5.74) is 0.268. The van der Waals surface area contributed by atoms with Crippen molar-refractivity contribution in [3.8, 4) is 0 Å². The van der Waals surface area contributed by atoms with Crippen LogP contribution in [0, 0.1) is 17.6 Å². The number of halogens is 3. The zero-order chi connectivity index (χ0) is 13.1. The van der Waals surface area contributed by atoms with Gasteiger partial charge in [0.25, 0.3) is 0 Å². The third-order valence-electron chi connectivity index (χ3n) is 3.77. The van der Waals surface area contributed by atoms with E-state index < -0.39 is 11.6 Å². The summed E-state index contributed by atoms with van der Waals surface area (Å²) in [5, 5.41) is 3.29. The van der Waals surface area contributed by atoms with Crippen molar-refractivity contribution in [2.75, 3.05) is 13.1 Å². The molecule has 1 N–H and O–H groups in total. The quantitative estimate of drug-likeness (QED) is 0.820. The smallest absolute Gasteiger partial charge is 0.143 e. The number of rotatable bonds is 4. The Morgan fingerprint density at radius 2 is 2.11 bits per heavy atom. The van der Waals surface area contributed by atoms with Gasteiger partial charge in [0.05, 0.1) is 4.47 Å². The molecule has 1 fully saturated rings. The minimum atomic E-state index is -0.427. The van der Waals surface area contributed by atoms with Crippen molar-refractivity contribution in [1.82, 2.24) is 5.32 Å². The Labute approximate surface area is 115 Å². The maximum atomic E-state index is 14.1. The lowest BCUT2D eigenvalue weighted by Crippen LogP contribution is -2.25. The summed E-state index contributed by atoms with van der Waals surface area (Å²) in [7, 11) is 0. The topological polar surface area (TPSA) is 12.0 Å². The Bertz CT molecular complexity index is 423. The SMILES string of the molecule is CCNCC1CCCC1c1c(F)ccc(Br)c1F. The molecule has 1 aromatic rings. The third-order valence-corrected chi connectivity index (χ3v) is 4.38. The van der Waals surface area contributed by atoms with E-state index in [0.29, 0.717) is 10.4 Å². The lowest BCUT2D eigenvalue weighted by molar-refractivity contribution is 0.420. The molecule has 0 amide bonds. The second-order valence-corrected chi connectivity index (χ2v) is 5.72. The molecular formula is C14H18BrF2N. The summed E-state index contributed by atoms with van der Waals surface area (Å²) >= 11 is 3.14. The van der Waals surface area contributed by atoms with E-state index in [1.54, 1.807) is 0 Å². The van der Waals surface area contributed by atoms with Gasteiger partial charge in [-0.3, -0.25) is 0 Å². The molecule has 0 saturated heterocycles. The van der Waals surface area contributed by atoms with Crippen molar-refractivity contribution < 1.29 is 8.78 Å². The Morgan fingerprint density at radius 1 is 1.33 bits per heavy atom. The van der Waals surface area contributed by atoms with Crippen LogP contribution in [0.2, 0.25) is 0 Å². The first-order valence-electron chi connectivity index (χ1n) is 6.49. The fraction of sp³-hybridized carbons (Fsp3) is 0.571. The maximum absolute atomic E-state index is 14.1. The van der Waals surface area contributed by atoms with E-state index in [4.69, 9.17) is 0 Å². The highest BCUT2D eigenvalue weighted by Crippen LogP contribution is 2.42. The molecule has 0 bridgehead atoms. The van der Waals surface area contributed by atoms with Crippen LogP contribution in [0.1, 0.15) is 37.7 Å². The van der Waals surface area contributed by atoms with E-state index in [9.17, 15) is 8.78 Å². The minimum Gasteiger partial charge on any atom is -0.317 e. The monoisotopic (exact) mass is 317 g/mol. The first kappa shape index (κ1) is 13.9. The van der Waals surface area contributed by atoms with Crippen molar-refractivity contribution >= 4 is 15.9 Å². The van der Waals surface area contributed by atoms with Crippen LogP contribution in [-0.2, 0) is 0 Å². The molecule has 18 heavy (non-hydrogen) atoms. The lowest BCUT2D eigenvalue weighted by Gasteiger charge is -2.21. The fourth-order valence-electron chi connectivity index (χ4n) is 2.87. The van der Waals surface area contributed by atoms with Crippen LogP contribution < -0.4 is 5.32 Å². The highest BCUT2D eigenvalue weighted by molar-refractivity contribution is 9.10. The zero-order valence-corrected chi connectivity index (χ0v) is 12.1. The summed E-state index contributed by atoms with van der Waals surface area (Å²) in [5.74, 6) is -0.503. The highest BCUT2D eigenvalue weighted by Gasteiger charge is 2.32. The first-order valence-corrected chi connectivity index (χ1v) is 7.28. The normalized spacial score (nSPS) is 23.6. The molecule has 0 radical (unpaired) electrons. The molecule has 1 saturated carbocycles. The fourth-order valence-corrected chi connectivity index (χ4v) is 3.22. The van der Waals surface area contributed by atoms with Crippen LogP contribution in [0.25, 0.3) is 0 Å². The molecular weight excluding hydrogens is 300 g/mol. The molecule has 1 aromatic carbocycles. The molecule has 0 spiro atoms. The molecule has 2 unspecified atom stereocenters. The third kappa shape index (κ3) is 2.75. The average Bonchev–Trinajstić information content (AvgIpc) is 2.80. The number of hydrogen-bond acceptors (Lipinski definition) is 1. The lowest BCUT2D eigenvalue weighted by atomic mass is 9.88. The van der Waals surface area contributed by atoms with E-state index >= 15 is 0 Å². The molecule has 100 valence electrons. The molecule has 1 aliphatic rings. The summed E-state index contributed by atoms with van der Waals surface area (Å²) in [6.07, 6.45) is 2.97. The predicted octanol–water partition coefficient (Wildman–Crippen LogP) is 4.22. The number of nitrogens with one attached hydrogen (secondary N) is 1. The van der Waals surface area contributed by atoms with Gasteiger partial charge >= 0.3 is 0 Å². The van der Waals surface area contributed by atoms with Gasteiger partial charge in [-0.05, 0) is 65.8 Å². The van der Waals surface area contributed by atoms with Gasteiger partial charge in [-0.25, -0.2) is 8.78 Å². The van der Waals surface area contributed by atoms with Crippen molar-refractivity contribution in [2.24, 2.45) is 5.92 Å². The maximum Gasteiger partial charge on any atom is 0.143 e. The van der Waals surface area contributed by atoms with Gasteiger partial charge in [0.1, 0.15) is 11.6 Å². The number of benzene rings is 1. The van der Waals surface area contributed by atoms with E-state index in [-0.39, 0.29) is 11.5 Å².